The van der Waals surface area contributed by atoms with Crippen molar-refractivity contribution in [2.45, 2.75) is 38.8 Å². The summed E-state index contributed by atoms with van der Waals surface area (Å²) < 4.78 is 0. The van der Waals surface area contributed by atoms with Crippen LogP contribution in [-0.2, 0) is 6.54 Å². The smallest absolute Gasteiger partial charge is 0.269 e. The van der Waals surface area contributed by atoms with Gasteiger partial charge in [0.25, 0.3) is 5.69 Å². The second-order valence-electron chi connectivity index (χ2n) is 4.60. The molecule has 1 aliphatic rings. The molecule has 0 N–H and O–H groups in total. The highest BCUT2D eigenvalue weighted by atomic mass is 16.6. The maximum Gasteiger partial charge on any atom is 0.269 e. The van der Waals surface area contributed by atoms with Crippen molar-refractivity contribution in [1.29, 1.82) is 0 Å². The molecule has 1 aliphatic heterocycles. The highest BCUT2D eigenvalue weighted by Crippen LogP contribution is 2.22. The Morgan fingerprint density at radius 2 is 2.12 bits per heavy atom. The average Bonchev–Trinajstić information content (AvgIpc) is 2.77. The molecule has 1 aromatic rings. The molecule has 0 saturated carbocycles. The minimum Gasteiger partial charge on any atom is -0.296 e. The van der Waals surface area contributed by atoms with Gasteiger partial charge in [-0.15, -0.1) is 0 Å². The van der Waals surface area contributed by atoms with E-state index in [0.29, 0.717) is 6.04 Å². The van der Waals surface area contributed by atoms with Gasteiger partial charge in [-0.3, -0.25) is 15.0 Å². The molecule has 92 valence electrons. The average molecular weight is 234 g/mol. The number of nitrogens with zero attached hydrogens (tertiary/aromatic N) is 2. The van der Waals surface area contributed by atoms with Gasteiger partial charge in [-0.1, -0.05) is 19.1 Å². The molecule has 1 fully saturated rings. The summed E-state index contributed by atoms with van der Waals surface area (Å²) in [6, 6.07) is 7.59. The fourth-order valence-corrected chi connectivity index (χ4v) is 2.52. The number of nitro groups is 1. The molecule has 0 radical (unpaired) electrons. The van der Waals surface area contributed by atoms with Crippen LogP contribution in [0.2, 0.25) is 0 Å². The zero-order chi connectivity index (χ0) is 12.3. The molecule has 1 aromatic carbocycles. The highest BCUT2D eigenvalue weighted by Gasteiger charge is 2.22. The van der Waals surface area contributed by atoms with E-state index in [1.165, 1.54) is 19.3 Å². The van der Waals surface area contributed by atoms with Crippen LogP contribution >= 0.6 is 0 Å². The van der Waals surface area contributed by atoms with Gasteiger partial charge >= 0.3 is 0 Å². The van der Waals surface area contributed by atoms with Crippen molar-refractivity contribution >= 4 is 5.69 Å². The third-order valence-electron chi connectivity index (χ3n) is 3.50. The van der Waals surface area contributed by atoms with Gasteiger partial charge in [-0.05, 0) is 31.4 Å². The molecule has 1 heterocycles. The summed E-state index contributed by atoms with van der Waals surface area (Å²) in [6.45, 7) is 4.28. The third kappa shape index (κ3) is 2.82. The van der Waals surface area contributed by atoms with E-state index in [4.69, 9.17) is 0 Å². The molecule has 0 spiro atoms. The minimum absolute atomic E-state index is 0.169. The molecule has 1 saturated heterocycles. The topological polar surface area (TPSA) is 46.4 Å². The Labute approximate surface area is 101 Å². The summed E-state index contributed by atoms with van der Waals surface area (Å²) >= 11 is 0. The van der Waals surface area contributed by atoms with Crippen LogP contribution in [0.4, 0.5) is 5.69 Å². The van der Waals surface area contributed by atoms with Crippen molar-refractivity contribution in [3.63, 3.8) is 0 Å². The summed E-state index contributed by atoms with van der Waals surface area (Å²) in [5.41, 5.74) is 1.33. The van der Waals surface area contributed by atoms with Crippen LogP contribution in [-0.4, -0.2) is 22.4 Å². The van der Waals surface area contributed by atoms with Gasteiger partial charge in [-0.25, -0.2) is 0 Å². The lowest BCUT2D eigenvalue weighted by Gasteiger charge is -2.23. The normalized spacial score (nSPS) is 20.6. The Bertz CT molecular complexity index is 389. The summed E-state index contributed by atoms with van der Waals surface area (Å²) in [7, 11) is 0. The molecule has 0 aliphatic carbocycles. The van der Waals surface area contributed by atoms with Gasteiger partial charge in [0.2, 0.25) is 0 Å². The largest absolute Gasteiger partial charge is 0.296 e. The van der Waals surface area contributed by atoms with E-state index in [0.717, 1.165) is 18.7 Å². The quantitative estimate of drug-likeness (QED) is 0.594. The van der Waals surface area contributed by atoms with E-state index in [1.807, 2.05) is 12.1 Å². The lowest BCUT2D eigenvalue weighted by atomic mass is 10.1. The van der Waals surface area contributed by atoms with Crippen LogP contribution in [0.3, 0.4) is 0 Å². The van der Waals surface area contributed by atoms with Crippen molar-refractivity contribution in [3.8, 4) is 0 Å². The number of benzene rings is 1. The lowest BCUT2D eigenvalue weighted by molar-refractivity contribution is -0.384. The van der Waals surface area contributed by atoms with E-state index < -0.39 is 0 Å². The van der Waals surface area contributed by atoms with Gasteiger partial charge in [0, 0.05) is 24.7 Å². The van der Waals surface area contributed by atoms with Crippen LogP contribution in [0.25, 0.3) is 0 Å². The standard InChI is InChI=1S/C13H18N2O2/c1-2-12-4-3-9-14(12)10-11-5-7-13(8-6-11)15(16)17/h5-8,12H,2-4,9-10H2,1H3/t12-/m1/s1. The van der Waals surface area contributed by atoms with Gasteiger partial charge in [0.05, 0.1) is 4.92 Å². The first-order valence-electron chi connectivity index (χ1n) is 6.18. The molecule has 0 bridgehead atoms. The van der Waals surface area contributed by atoms with Gasteiger partial charge in [0.1, 0.15) is 0 Å². The van der Waals surface area contributed by atoms with Crippen LogP contribution in [0.5, 0.6) is 0 Å². The minimum atomic E-state index is -0.353. The Hall–Kier alpha value is -1.42. The Morgan fingerprint density at radius 3 is 2.71 bits per heavy atom. The van der Waals surface area contributed by atoms with Crippen molar-refractivity contribution < 1.29 is 4.92 Å². The first-order valence-corrected chi connectivity index (χ1v) is 6.18. The zero-order valence-corrected chi connectivity index (χ0v) is 10.1. The summed E-state index contributed by atoms with van der Waals surface area (Å²) in [5.74, 6) is 0. The molecule has 0 amide bonds. The van der Waals surface area contributed by atoms with Crippen LogP contribution in [0, 0.1) is 10.1 Å². The van der Waals surface area contributed by atoms with Crippen LogP contribution in [0.1, 0.15) is 31.7 Å². The molecule has 4 nitrogen and oxygen atoms in total. The van der Waals surface area contributed by atoms with Crippen molar-refractivity contribution in [1.82, 2.24) is 4.90 Å². The number of hydrogen-bond donors (Lipinski definition) is 0. The van der Waals surface area contributed by atoms with Gasteiger partial charge in [-0.2, -0.15) is 0 Å². The van der Waals surface area contributed by atoms with E-state index >= 15 is 0 Å². The molecular formula is C13H18N2O2. The van der Waals surface area contributed by atoms with E-state index in [1.54, 1.807) is 12.1 Å². The SMILES string of the molecule is CC[C@@H]1CCCN1Cc1ccc([N+](=O)[O-])cc1. The predicted octanol–water partition coefficient (Wildman–Crippen LogP) is 2.97. The van der Waals surface area contributed by atoms with Crippen molar-refractivity contribution in [2.24, 2.45) is 0 Å². The van der Waals surface area contributed by atoms with Crippen LogP contribution < -0.4 is 0 Å². The first-order chi connectivity index (χ1) is 8.20. The summed E-state index contributed by atoms with van der Waals surface area (Å²) in [5, 5.41) is 10.6. The monoisotopic (exact) mass is 234 g/mol. The molecule has 2 rings (SSSR count). The predicted molar refractivity (Wildman–Crippen MR) is 66.8 cm³/mol. The number of non-ortho nitro benzene ring substituents is 1. The summed E-state index contributed by atoms with van der Waals surface area (Å²) in [4.78, 5) is 12.7. The molecule has 0 aromatic heterocycles. The maximum absolute atomic E-state index is 10.6. The molecular weight excluding hydrogens is 216 g/mol. The molecule has 4 heteroatoms. The Balaban J connectivity index is 2.01. The number of nitro benzene ring substituents is 1. The fraction of sp³-hybridized carbons (Fsp3) is 0.538. The number of likely N-dealkylation sites (tertiary alicyclic amines) is 1. The molecule has 17 heavy (non-hydrogen) atoms. The van der Waals surface area contributed by atoms with E-state index in [2.05, 4.69) is 11.8 Å². The molecule has 0 unspecified atom stereocenters. The first kappa shape index (κ1) is 12.0. The third-order valence-corrected chi connectivity index (χ3v) is 3.50. The van der Waals surface area contributed by atoms with E-state index in [-0.39, 0.29) is 10.6 Å². The Kier molecular flexibility index (Phi) is 3.74. The van der Waals surface area contributed by atoms with E-state index in [9.17, 15) is 10.1 Å². The Morgan fingerprint density at radius 1 is 1.41 bits per heavy atom. The highest BCUT2D eigenvalue weighted by molar-refractivity contribution is 5.32. The van der Waals surface area contributed by atoms with Gasteiger partial charge < -0.3 is 0 Å². The van der Waals surface area contributed by atoms with Crippen molar-refractivity contribution in [2.75, 3.05) is 6.54 Å². The second-order valence-corrected chi connectivity index (χ2v) is 4.60. The number of rotatable bonds is 4. The van der Waals surface area contributed by atoms with Crippen molar-refractivity contribution in [3.05, 3.63) is 39.9 Å². The molecule has 1 atom stereocenters. The zero-order valence-electron chi connectivity index (χ0n) is 10.1. The fourth-order valence-electron chi connectivity index (χ4n) is 2.52. The lowest BCUT2D eigenvalue weighted by Crippen LogP contribution is -2.28. The maximum atomic E-state index is 10.6. The summed E-state index contributed by atoms with van der Waals surface area (Å²) in [6.07, 6.45) is 3.74. The number of hydrogen-bond acceptors (Lipinski definition) is 3. The van der Waals surface area contributed by atoms with Crippen LogP contribution in [0.15, 0.2) is 24.3 Å². The van der Waals surface area contributed by atoms with Gasteiger partial charge in [0.15, 0.2) is 0 Å². The second kappa shape index (κ2) is 5.27.